The Morgan fingerprint density at radius 1 is 1.08 bits per heavy atom. The number of aliphatic hydroxyl groups excluding tert-OH is 3. The summed E-state index contributed by atoms with van der Waals surface area (Å²) in [7, 11) is 0. The zero-order valence-electron chi connectivity index (χ0n) is 12.6. The number of ether oxygens (including phenoxy) is 1. The molecule has 8 heteroatoms. The van der Waals surface area contributed by atoms with Crippen molar-refractivity contribution in [3.8, 4) is 11.4 Å². The van der Waals surface area contributed by atoms with Crippen LogP contribution < -0.4 is 0 Å². The molecule has 4 heterocycles. The summed E-state index contributed by atoms with van der Waals surface area (Å²) >= 11 is 0. The van der Waals surface area contributed by atoms with Gasteiger partial charge in [0.05, 0.1) is 12.3 Å². The van der Waals surface area contributed by atoms with Crippen LogP contribution in [0.4, 0.5) is 0 Å². The highest BCUT2D eigenvalue weighted by Crippen LogP contribution is 2.33. The molecule has 0 saturated carbocycles. The van der Waals surface area contributed by atoms with Gasteiger partial charge in [-0.2, -0.15) is 0 Å². The highest BCUT2D eigenvalue weighted by Gasteiger charge is 2.43. The number of pyridine rings is 1. The number of hydrogen-bond donors (Lipinski definition) is 3. The summed E-state index contributed by atoms with van der Waals surface area (Å²) in [6, 6.07) is 7.37. The van der Waals surface area contributed by atoms with Crippen LogP contribution in [-0.4, -0.2) is 59.8 Å². The Morgan fingerprint density at radius 3 is 2.67 bits per heavy atom. The van der Waals surface area contributed by atoms with Gasteiger partial charge in [-0.15, -0.1) is 0 Å². The van der Waals surface area contributed by atoms with Gasteiger partial charge in [0.15, 0.2) is 6.23 Å². The zero-order valence-corrected chi connectivity index (χ0v) is 12.6. The first-order valence-corrected chi connectivity index (χ1v) is 7.56. The predicted molar refractivity (Wildman–Crippen MR) is 83.8 cm³/mol. The van der Waals surface area contributed by atoms with Gasteiger partial charge >= 0.3 is 0 Å². The number of aliphatic hydroxyl groups is 3. The third kappa shape index (κ3) is 2.28. The maximum atomic E-state index is 10.2. The van der Waals surface area contributed by atoms with Crippen LogP contribution in [0.5, 0.6) is 0 Å². The molecule has 0 radical (unpaired) electrons. The van der Waals surface area contributed by atoms with Crippen LogP contribution in [0.1, 0.15) is 6.23 Å². The molecule has 0 aromatic carbocycles. The van der Waals surface area contributed by atoms with E-state index in [-0.39, 0.29) is 6.61 Å². The SMILES string of the molecule is OC[C@H]1O[C@@H](n2ccc3c(-c4ccccn4)ncnc32)[C@H](O)[C@@H]1O. The molecule has 0 aliphatic carbocycles. The molecule has 0 unspecified atom stereocenters. The van der Waals surface area contributed by atoms with Crippen molar-refractivity contribution in [3.05, 3.63) is 43.0 Å². The average Bonchev–Trinajstić information content (AvgIpc) is 3.17. The minimum Gasteiger partial charge on any atom is -0.394 e. The fourth-order valence-electron chi connectivity index (χ4n) is 2.99. The normalized spacial score (nSPS) is 27.0. The minimum atomic E-state index is -1.16. The van der Waals surface area contributed by atoms with Crippen molar-refractivity contribution in [2.24, 2.45) is 0 Å². The van der Waals surface area contributed by atoms with Crippen molar-refractivity contribution in [2.75, 3.05) is 6.61 Å². The smallest absolute Gasteiger partial charge is 0.164 e. The summed E-state index contributed by atoms with van der Waals surface area (Å²) in [5, 5.41) is 30.1. The van der Waals surface area contributed by atoms with E-state index in [0.29, 0.717) is 17.0 Å². The number of rotatable bonds is 3. The number of nitrogens with zero attached hydrogens (tertiary/aromatic N) is 4. The molecule has 0 bridgehead atoms. The standard InChI is InChI=1S/C16H16N4O4/c21-7-11-13(22)14(23)16(24-11)20-6-4-9-12(18-8-19-15(9)20)10-3-1-2-5-17-10/h1-6,8,11,13-14,16,21-23H,7H2/t11-,13-,14-,16-/m1/s1. The fourth-order valence-corrected chi connectivity index (χ4v) is 2.99. The van der Waals surface area contributed by atoms with Gasteiger partial charge in [-0.3, -0.25) is 4.98 Å². The Labute approximate surface area is 137 Å². The van der Waals surface area contributed by atoms with Gasteiger partial charge in [0, 0.05) is 17.8 Å². The maximum Gasteiger partial charge on any atom is 0.164 e. The summed E-state index contributed by atoms with van der Waals surface area (Å²) in [5.41, 5.74) is 1.94. The summed E-state index contributed by atoms with van der Waals surface area (Å²) in [5.74, 6) is 0. The Morgan fingerprint density at radius 2 is 1.96 bits per heavy atom. The topological polar surface area (TPSA) is 114 Å². The van der Waals surface area contributed by atoms with E-state index in [2.05, 4.69) is 15.0 Å². The summed E-state index contributed by atoms with van der Waals surface area (Å²) < 4.78 is 7.20. The second-order valence-corrected chi connectivity index (χ2v) is 5.63. The fraction of sp³-hybridized carbons (Fsp3) is 0.312. The molecule has 124 valence electrons. The molecular formula is C16H16N4O4. The lowest BCUT2D eigenvalue weighted by atomic mass is 10.1. The van der Waals surface area contributed by atoms with E-state index in [1.165, 1.54) is 6.33 Å². The summed E-state index contributed by atoms with van der Waals surface area (Å²) in [4.78, 5) is 12.9. The van der Waals surface area contributed by atoms with Crippen molar-refractivity contribution in [1.82, 2.24) is 19.5 Å². The molecule has 0 spiro atoms. The largest absolute Gasteiger partial charge is 0.394 e. The van der Waals surface area contributed by atoms with Crippen LogP contribution in [0.3, 0.4) is 0 Å². The lowest BCUT2D eigenvalue weighted by Gasteiger charge is -2.17. The maximum absolute atomic E-state index is 10.2. The highest BCUT2D eigenvalue weighted by molar-refractivity contribution is 5.89. The van der Waals surface area contributed by atoms with Gasteiger partial charge in [-0.1, -0.05) is 6.07 Å². The van der Waals surface area contributed by atoms with Crippen LogP contribution >= 0.6 is 0 Å². The first-order valence-electron chi connectivity index (χ1n) is 7.56. The lowest BCUT2D eigenvalue weighted by Crippen LogP contribution is -2.33. The lowest BCUT2D eigenvalue weighted by molar-refractivity contribution is -0.0508. The zero-order chi connectivity index (χ0) is 16.7. The Kier molecular flexibility index (Phi) is 3.73. The van der Waals surface area contributed by atoms with Crippen LogP contribution in [-0.2, 0) is 4.74 Å². The third-order valence-electron chi connectivity index (χ3n) is 4.21. The molecule has 1 aliphatic heterocycles. The Bertz CT molecular complexity index is 854. The molecule has 3 aromatic heterocycles. The van der Waals surface area contributed by atoms with Crippen molar-refractivity contribution in [3.63, 3.8) is 0 Å². The van der Waals surface area contributed by atoms with E-state index >= 15 is 0 Å². The third-order valence-corrected chi connectivity index (χ3v) is 4.21. The molecule has 24 heavy (non-hydrogen) atoms. The summed E-state index contributed by atoms with van der Waals surface area (Å²) in [6.45, 7) is -0.373. The predicted octanol–water partition coefficient (Wildman–Crippen LogP) is 0.105. The van der Waals surface area contributed by atoms with Crippen LogP contribution in [0.2, 0.25) is 0 Å². The molecule has 0 amide bonds. The summed E-state index contributed by atoms with van der Waals surface area (Å²) in [6.07, 6.45) is 0.837. The van der Waals surface area contributed by atoms with Gasteiger partial charge < -0.3 is 24.6 Å². The molecular weight excluding hydrogens is 312 g/mol. The van der Waals surface area contributed by atoms with Crippen LogP contribution in [0.15, 0.2) is 43.0 Å². The van der Waals surface area contributed by atoms with Gasteiger partial charge in [-0.05, 0) is 18.2 Å². The van der Waals surface area contributed by atoms with Gasteiger partial charge in [0.25, 0.3) is 0 Å². The Hall–Kier alpha value is -2.39. The van der Waals surface area contributed by atoms with E-state index < -0.39 is 24.5 Å². The van der Waals surface area contributed by atoms with Crippen molar-refractivity contribution < 1.29 is 20.1 Å². The molecule has 3 N–H and O–H groups in total. The van der Waals surface area contributed by atoms with Crippen molar-refractivity contribution in [2.45, 2.75) is 24.5 Å². The number of aromatic nitrogens is 4. The van der Waals surface area contributed by atoms with Crippen molar-refractivity contribution in [1.29, 1.82) is 0 Å². The van der Waals surface area contributed by atoms with E-state index in [0.717, 1.165) is 5.39 Å². The molecule has 8 nitrogen and oxygen atoms in total. The van der Waals surface area contributed by atoms with E-state index in [4.69, 9.17) is 4.74 Å². The molecule has 4 atom stereocenters. The van der Waals surface area contributed by atoms with Crippen LogP contribution in [0.25, 0.3) is 22.4 Å². The minimum absolute atomic E-state index is 0.373. The molecule has 1 aliphatic rings. The van der Waals surface area contributed by atoms with Gasteiger partial charge in [0.1, 0.15) is 36.0 Å². The van der Waals surface area contributed by atoms with E-state index in [1.807, 2.05) is 24.3 Å². The molecule has 1 saturated heterocycles. The average molecular weight is 328 g/mol. The monoisotopic (exact) mass is 328 g/mol. The molecule has 3 aromatic rings. The second kappa shape index (κ2) is 5.91. The van der Waals surface area contributed by atoms with E-state index in [1.54, 1.807) is 17.0 Å². The highest BCUT2D eigenvalue weighted by atomic mass is 16.6. The van der Waals surface area contributed by atoms with Crippen LogP contribution in [0, 0.1) is 0 Å². The number of hydrogen-bond acceptors (Lipinski definition) is 7. The first kappa shape index (κ1) is 15.2. The van der Waals surface area contributed by atoms with E-state index in [9.17, 15) is 15.3 Å². The van der Waals surface area contributed by atoms with Gasteiger partial charge in [-0.25, -0.2) is 9.97 Å². The van der Waals surface area contributed by atoms with Crippen molar-refractivity contribution >= 4 is 11.0 Å². The second-order valence-electron chi connectivity index (χ2n) is 5.63. The Balaban J connectivity index is 1.80. The quantitative estimate of drug-likeness (QED) is 0.625. The number of fused-ring (bicyclic) bond motifs is 1. The molecule has 1 fully saturated rings. The van der Waals surface area contributed by atoms with Gasteiger partial charge in [0.2, 0.25) is 0 Å². The molecule has 4 rings (SSSR count). The first-order chi connectivity index (χ1) is 11.7.